The molecule has 1 atom stereocenters. The van der Waals surface area contributed by atoms with E-state index in [1.807, 2.05) is 6.07 Å². The van der Waals surface area contributed by atoms with E-state index in [2.05, 4.69) is 28.5 Å². The average Bonchev–Trinajstić information content (AvgIpc) is 2.47. The van der Waals surface area contributed by atoms with Crippen molar-refractivity contribution in [1.82, 2.24) is 10.3 Å². The highest BCUT2D eigenvalue weighted by Gasteiger charge is 2.20. The molecule has 0 spiro atoms. The number of pyridine rings is 1. The Morgan fingerprint density at radius 1 is 1.15 bits per heavy atom. The highest BCUT2D eigenvalue weighted by atomic mass is 16.1. The highest BCUT2D eigenvalue weighted by molar-refractivity contribution is 5.92. The lowest BCUT2D eigenvalue weighted by molar-refractivity contribution is 0.0929. The molecular formula is C16H17N3O. The minimum absolute atomic E-state index is 0.151. The number of rotatable bonds is 2. The van der Waals surface area contributed by atoms with Gasteiger partial charge in [0.25, 0.3) is 5.91 Å². The number of aryl methyl sites for hydroxylation is 1. The van der Waals surface area contributed by atoms with Gasteiger partial charge in [0.1, 0.15) is 11.5 Å². The van der Waals surface area contributed by atoms with Crippen molar-refractivity contribution in [3.8, 4) is 0 Å². The van der Waals surface area contributed by atoms with Crippen LogP contribution in [0.15, 0.2) is 42.5 Å². The Balaban J connectivity index is 1.69. The molecule has 102 valence electrons. The predicted molar refractivity (Wildman–Crippen MR) is 78.4 cm³/mol. The Hall–Kier alpha value is -2.36. The summed E-state index contributed by atoms with van der Waals surface area (Å²) in [7, 11) is 0. The minimum atomic E-state index is -0.151. The third kappa shape index (κ3) is 2.64. The van der Waals surface area contributed by atoms with Crippen LogP contribution in [0.5, 0.6) is 0 Å². The van der Waals surface area contributed by atoms with Crippen molar-refractivity contribution in [3.05, 3.63) is 59.3 Å². The first-order valence-corrected chi connectivity index (χ1v) is 6.82. The van der Waals surface area contributed by atoms with Crippen molar-refractivity contribution in [2.24, 2.45) is 0 Å². The lowest BCUT2D eigenvalue weighted by Crippen LogP contribution is -2.39. The molecule has 3 N–H and O–H groups in total. The summed E-state index contributed by atoms with van der Waals surface area (Å²) in [5, 5.41) is 3.05. The Kier molecular flexibility index (Phi) is 3.37. The normalized spacial score (nSPS) is 17.3. The van der Waals surface area contributed by atoms with E-state index < -0.39 is 0 Å². The lowest BCUT2D eigenvalue weighted by atomic mass is 9.88. The van der Waals surface area contributed by atoms with Crippen LogP contribution in [0.25, 0.3) is 0 Å². The molecule has 0 saturated heterocycles. The number of hydrogen-bond acceptors (Lipinski definition) is 3. The van der Waals surface area contributed by atoms with Crippen LogP contribution >= 0.6 is 0 Å². The van der Waals surface area contributed by atoms with E-state index in [9.17, 15) is 4.79 Å². The van der Waals surface area contributed by atoms with Crippen molar-refractivity contribution in [1.29, 1.82) is 0 Å². The molecule has 1 aromatic heterocycles. The van der Waals surface area contributed by atoms with E-state index in [-0.39, 0.29) is 11.9 Å². The van der Waals surface area contributed by atoms with Crippen molar-refractivity contribution in [2.75, 3.05) is 5.73 Å². The molecule has 0 bridgehead atoms. The van der Waals surface area contributed by atoms with Crippen LogP contribution in [-0.2, 0) is 12.8 Å². The van der Waals surface area contributed by atoms with Gasteiger partial charge in [-0.05, 0) is 42.5 Å². The van der Waals surface area contributed by atoms with Gasteiger partial charge in [0.2, 0.25) is 0 Å². The maximum Gasteiger partial charge on any atom is 0.270 e. The van der Waals surface area contributed by atoms with Crippen LogP contribution in [0.3, 0.4) is 0 Å². The molecule has 4 heteroatoms. The van der Waals surface area contributed by atoms with Gasteiger partial charge in [-0.2, -0.15) is 0 Å². The van der Waals surface area contributed by atoms with Crippen LogP contribution in [0.1, 0.15) is 28.0 Å². The molecule has 1 heterocycles. The van der Waals surface area contributed by atoms with Gasteiger partial charge in [-0.1, -0.05) is 30.3 Å². The summed E-state index contributed by atoms with van der Waals surface area (Å²) in [5.74, 6) is 0.216. The summed E-state index contributed by atoms with van der Waals surface area (Å²) < 4.78 is 0. The van der Waals surface area contributed by atoms with Crippen LogP contribution in [-0.4, -0.2) is 16.9 Å². The first-order chi connectivity index (χ1) is 9.72. The van der Waals surface area contributed by atoms with E-state index in [0.717, 1.165) is 19.3 Å². The van der Waals surface area contributed by atoms with Crippen molar-refractivity contribution >= 4 is 11.7 Å². The van der Waals surface area contributed by atoms with Gasteiger partial charge in [0.05, 0.1) is 0 Å². The second-order valence-corrected chi connectivity index (χ2v) is 5.13. The molecule has 1 aliphatic rings. The molecule has 1 aliphatic carbocycles. The van der Waals surface area contributed by atoms with Gasteiger partial charge in [-0.3, -0.25) is 4.79 Å². The highest BCUT2D eigenvalue weighted by Crippen LogP contribution is 2.21. The number of nitrogen functional groups attached to an aromatic ring is 1. The fourth-order valence-electron chi connectivity index (χ4n) is 2.66. The second-order valence-electron chi connectivity index (χ2n) is 5.13. The Morgan fingerprint density at radius 2 is 1.95 bits per heavy atom. The zero-order chi connectivity index (χ0) is 13.9. The molecule has 1 unspecified atom stereocenters. The maximum atomic E-state index is 12.1. The van der Waals surface area contributed by atoms with E-state index in [1.165, 1.54) is 11.1 Å². The van der Waals surface area contributed by atoms with E-state index in [1.54, 1.807) is 18.2 Å². The summed E-state index contributed by atoms with van der Waals surface area (Å²) in [6.07, 6.45) is 2.85. The van der Waals surface area contributed by atoms with Crippen molar-refractivity contribution < 1.29 is 4.79 Å². The maximum absolute atomic E-state index is 12.1. The lowest BCUT2D eigenvalue weighted by Gasteiger charge is -2.25. The van der Waals surface area contributed by atoms with Gasteiger partial charge in [0, 0.05) is 6.04 Å². The topological polar surface area (TPSA) is 68.0 Å². The molecule has 4 nitrogen and oxygen atoms in total. The average molecular weight is 267 g/mol. The van der Waals surface area contributed by atoms with Gasteiger partial charge >= 0.3 is 0 Å². The fourth-order valence-corrected chi connectivity index (χ4v) is 2.66. The zero-order valence-corrected chi connectivity index (χ0v) is 11.2. The number of nitrogens with zero attached hydrogens (tertiary/aromatic N) is 1. The third-order valence-corrected chi connectivity index (χ3v) is 3.69. The second kappa shape index (κ2) is 5.33. The summed E-state index contributed by atoms with van der Waals surface area (Å²) >= 11 is 0. The summed E-state index contributed by atoms with van der Waals surface area (Å²) in [6.45, 7) is 0. The van der Waals surface area contributed by atoms with E-state index >= 15 is 0 Å². The zero-order valence-electron chi connectivity index (χ0n) is 11.2. The number of anilines is 1. The smallest absolute Gasteiger partial charge is 0.270 e. The van der Waals surface area contributed by atoms with Crippen LogP contribution < -0.4 is 11.1 Å². The van der Waals surface area contributed by atoms with Crippen LogP contribution in [0.2, 0.25) is 0 Å². The quantitative estimate of drug-likeness (QED) is 0.874. The number of fused-ring (bicyclic) bond motifs is 1. The largest absolute Gasteiger partial charge is 0.384 e. The molecule has 20 heavy (non-hydrogen) atoms. The van der Waals surface area contributed by atoms with E-state index in [0.29, 0.717) is 11.5 Å². The molecule has 0 fully saturated rings. The Morgan fingerprint density at radius 3 is 2.75 bits per heavy atom. The standard InChI is InChI=1S/C16H17N3O/c17-15-7-3-6-14(19-15)16(20)18-13-9-8-11-4-1-2-5-12(11)10-13/h1-7,13H,8-10H2,(H2,17,19)(H,18,20). The SMILES string of the molecule is Nc1cccc(C(=O)NC2CCc3ccccc3C2)n1. The van der Waals surface area contributed by atoms with Crippen LogP contribution in [0.4, 0.5) is 5.82 Å². The Bertz CT molecular complexity index is 639. The number of carbonyl (C=O) groups excluding carboxylic acids is 1. The first-order valence-electron chi connectivity index (χ1n) is 6.82. The summed E-state index contributed by atoms with van der Waals surface area (Å²) in [4.78, 5) is 16.2. The number of benzene rings is 1. The third-order valence-electron chi connectivity index (χ3n) is 3.69. The van der Waals surface area contributed by atoms with Gasteiger partial charge in [-0.25, -0.2) is 4.98 Å². The van der Waals surface area contributed by atoms with Crippen molar-refractivity contribution in [2.45, 2.75) is 25.3 Å². The molecule has 0 aliphatic heterocycles. The number of nitrogens with one attached hydrogen (secondary N) is 1. The molecule has 2 aromatic rings. The molecule has 1 aromatic carbocycles. The minimum Gasteiger partial charge on any atom is -0.384 e. The van der Waals surface area contributed by atoms with Gasteiger partial charge in [-0.15, -0.1) is 0 Å². The fraction of sp³-hybridized carbons (Fsp3) is 0.250. The Labute approximate surface area is 118 Å². The number of nitrogens with two attached hydrogens (primary N) is 1. The number of amides is 1. The number of carbonyl (C=O) groups is 1. The monoisotopic (exact) mass is 267 g/mol. The van der Waals surface area contributed by atoms with Crippen LogP contribution in [0, 0.1) is 0 Å². The molecule has 0 saturated carbocycles. The van der Waals surface area contributed by atoms with Gasteiger partial charge in [0.15, 0.2) is 0 Å². The molecule has 0 radical (unpaired) electrons. The van der Waals surface area contributed by atoms with E-state index in [4.69, 9.17) is 5.73 Å². The summed E-state index contributed by atoms with van der Waals surface area (Å²) in [5.41, 5.74) is 8.69. The van der Waals surface area contributed by atoms with Crippen molar-refractivity contribution in [3.63, 3.8) is 0 Å². The number of aromatic nitrogens is 1. The predicted octanol–water partition coefficient (Wildman–Crippen LogP) is 1.95. The molecular weight excluding hydrogens is 250 g/mol. The number of hydrogen-bond donors (Lipinski definition) is 2. The van der Waals surface area contributed by atoms with Gasteiger partial charge < -0.3 is 11.1 Å². The molecule has 3 rings (SSSR count). The first kappa shape index (κ1) is 12.7. The molecule has 1 amide bonds. The summed E-state index contributed by atoms with van der Waals surface area (Å²) in [6, 6.07) is 13.7.